The molecule has 178 valence electrons. The molecule has 0 N–H and O–H groups in total. The Morgan fingerprint density at radius 2 is 1.76 bits per heavy atom. The fourth-order valence-corrected chi connectivity index (χ4v) is 3.19. The Kier molecular flexibility index (Phi) is 8.40. The van der Waals surface area contributed by atoms with Crippen LogP contribution in [-0.2, 0) is 9.47 Å². The van der Waals surface area contributed by atoms with Crippen molar-refractivity contribution in [2.45, 2.75) is 32.5 Å². The van der Waals surface area contributed by atoms with Crippen LogP contribution in [0.25, 0.3) is 0 Å². The summed E-state index contributed by atoms with van der Waals surface area (Å²) in [5.41, 5.74) is -0.103. The second-order valence-electron chi connectivity index (χ2n) is 7.28. The number of carbonyl (C=O) groups is 1. The van der Waals surface area contributed by atoms with E-state index in [1.165, 1.54) is 6.07 Å². The maximum atomic E-state index is 14.5. The van der Waals surface area contributed by atoms with Crippen molar-refractivity contribution in [3.63, 3.8) is 0 Å². The molecule has 1 fully saturated rings. The van der Waals surface area contributed by atoms with E-state index < -0.39 is 53.2 Å². The molecule has 0 unspecified atom stereocenters. The van der Waals surface area contributed by atoms with Gasteiger partial charge in [0, 0.05) is 29.7 Å². The number of hydrogen-bond acceptors (Lipinski definition) is 5. The highest BCUT2D eigenvalue weighted by molar-refractivity contribution is 5.91. The minimum Gasteiger partial charge on any atom is -0.459 e. The van der Waals surface area contributed by atoms with E-state index in [0.717, 1.165) is 25.0 Å². The van der Waals surface area contributed by atoms with Crippen molar-refractivity contribution < 1.29 is 45.7 Å². The Morgan fingerprint density at radius 1 is 1.09 bits per heavy atom. The van der Waals surface area contributed by atoms with E-state index >= 15 is 0 Å². The topological polar surface area (TPSA) is 54.0 Å². The van der Waals surface area contributed by atoms with Gasteiger partial charge in [0.2, 0.25) is 0 Å². The van der Waals surface area contributed by atoms with E-state index in [1.807, 2.05) is 0 Å². The molecule has 0 saturated carbocycles. The van der Waals surface area contributed by atoms with Crippen LogP contribution in [0, 0.1) is 23.4 Å². The van der Waals surface area contributed by atoms with Gasteiger partial charge in [-0.05, 0) is 18.6 Å². The van der Waals surface area contributed by atoms with Gasteiger partial charge in [-0.25, -0.2) is 26.7 Å². The first-order valence-electron chi connectivity index (χ1n) is 10.1. The van der Waals surface area contributed by atoms with Crippen LogP contribution in [0.2, 0.25) is 0 Å². The van der Waals surface area contributed by atoms with E-state index in [9.17, 15) is 26.7 Å². The zero-order valence-electron chi connectivity index (χ0n) is 17.5. The maximum Gasteiger partial charge on any atom is 0.346 e. The molecule has 1 heterocycles. The van der Waals surface area contributed by atoms with Crippen molar-refractivity contribution in [2.24, 2.45) is 5.92 Å². The van der Waals surface area contributed by atoms with Crippen LogP contribution in [-0.4, -0.2) is 25.6 Å². The highest BCUT2D eigenvalue weighted by atomic mass is 19.3. The summed E-state index contributed by atoms with van der Waals surface area (Å²) in [5.74, 6) is -6.00. The van der Waals surface area contributed by atoms with Gasteiger partial charge in [0.25, 0.3) is 6.43 Å². The number of esters is 1. The lowest BCUT2D eigenvalue weighted by Crippen LogP contribution is -2.27. The molecule has 10 heteroatoms. The molecule has 33 heavy (non-hydrogen) atoms. The fourth-order valence-electron chi connectivity index (χ4n) is 3.19. The van der Waals surface area contributed by atoms with Gasteiger partial charge in [-0.1, -0.05) is 19.4 Å². The number of benzene rings is 2. The SMILES string of the molecule is CCCC1COC(c2ccc(C(=O)Oc3cc(F)c(O/C=C/C(F)F)c(F)c3)c(F)c2)OC1. The average molecular weight is 472 g/mol. The van der Waals surface area contributed by atoms with Crippen LogP contribution >= 0.6 is 0 Å². The molecule has 1 aliphatic heterocycles. The van der Waals surface area contributed by atoms with E-state index in [0.29, 0.717) is 37.2 Å². The van der Waals surface area contributed by atoms with Crippen LogP contribution < -0.4 is 9.47 Å². The summed E-state index contributed by atoms with van der Waals surface area (Å²) < 4.78 is 87.3. The number of halogens is 5. The van der Waals surface area contributed by atoms with Crippen LogP contribution in [0.15, 0.2) is 42.7 Å². The molecule has 1 saturated heterocycles. The van der Waals surface area contributed by atoms with Crippen LogP contribution in [0.5, 0.6) is 11.5 Å². The van der Waals surface area contributed by atoms with E-state index in [1.54, 1.807) is 0 Å². The van der Waals surface area contributed by atoms with E-state index in [2.05, 4.69) is 11.7 Å². The second kappa shape index (κ2) is 11.2. The van der Waals surface area contributed by atoms with Gasteiger partial charge >= 0.3 is 5.97 Å². The van der Waals surface area contributed by atoms with Crippen molar-refractivity contribution in [3.8, 4) is 11.5 Å². The first-order chi connectivity index (χ1) is 15.8. The zero-order chi connectivity index (χ0) is 24.0. The molecule has 0 spiro atoms. The molecule has 2 aromatic rings. The molecular weight excluding hydrogens is 451 g/mol. The van der Waals surface area contributed by atoms with Gasteiger partial charge in [0.05, 0.1) is 25.0 Å². The fraction of sp³-hybridized carbons (Fsp3) is 0.348. The molecule has 5 nitrogen and oxygen atoms in total. The van der Waals surface area contributed by atoms with Gasteiger partial charge in [-0.3, -0.25) is 0 Å². The van der Waals surface area contributed by atoms with Crippen molar-refractivity contribution >= 4 is 5.97 Å². The third-order valence-electron chi connectivity index (χ3n) is 4.74. The van der Waals surface area contributed by atoms with Crippen LogP contribution in [0.1, 0.15) is 42.0 Å². The summed E-state index contributed by atoms with van der Waals surface area (Å²) in [6.45, 7) is 3.00. The Balaban J connectivity index is 1.67. The standard InChI is InChI=1S/C23H21F5O5/c1-2-3-13-11-31-23(32-12-13)14-4-5-16(17(24)8-14)22(29)33-15-9-18(25)21(19(26)10-15)30-7-6-20(27)28/h4-10,13,20,23H,2-3,11-12H2,1H3/b7-6+. The van der Waals surface area contributed by atoms with E-state index in [-0.39, 0.29) is 12.0 Å². The molecule has 0 amide bonds. The Hall–Kier alpha value is -2.98. The van der Waals surface area contributed by atoms with Crippen LogP contribution in [0.4, 0.5) is 22.0 Å². The molecule has 1 aliphatic rings. The Morgan fingerprint density at radius 3 is 2.33 bits per heavy atom. The van der Waals surface area contributed by atoms with Gasteiger partial charge in [-0.2, -0.15) is 0 Å². The predicted octanol–water partition coefficient (Wildman–Crippen LogP) is 5.94. The maximum absolute atomic E-state index is 14.5. The molecule has 2 aromatic carbocycles. The highest BCUT2D eigenvalue weighted by Gasteiger charge is 2.25. The summed E-state index contributed by atoms with van der Waals surface area (Å²) >= 11 is 0. The first kappa shape index (κ1) is 24.7. The number of ether oxygens (including phenoxy) is 4. The molecule has 0 atom stereocenters. The lowest BCUT2D eigenvalue weighted by Gasteiger charge is -2.29. The van der Waals surface area contributed by atoms with Crippen molar-refractivity contribution in [3.05, 3.63) is 71.2 Å². The van der Waals surface area contributed by atoms with Crippen LogP contribution in [0.3, 0.4) is 0 Å². The Labute approximate surface area is 186 Å². The number of carbonyl (C=O) groups excluding carboxylic acids is 1. The van der Waals surface area contributed by atoms with Crippen molar-refractivity contribution in [2.75, 3.05) is 13.2 Å². The van der Waals surface area contributed by atoms with Gasteiger partial charge in [0.15, 0.2) is 23.7 Å². The number of allylic oxidation sites excluding steroid dienone is 1. The normalized spacial score (nSPS) is 18.6. The lowest BCUT2D eigenvalue weighted by molar-refractivity contribution is -0.206. The highest BCUT2D eigenvalue weighted by Crippen LogP contribution is 2.30. The first-order valence-corrected chi connectivity index (χ1v) is 10.1. The average Bonchev–Trinajstić information content (AvgIpc) is 2.76. The monoisotopic (exact) mass is 472 g/mol. The summed E-state index contributed by atoms with van der Waals surface area (Å²) in [6.07, 6.45) is -0.983. The smallest absolute Gasteiger partial charge is 0.346 e. The molecule has 0 aromatic heterocycles. The molecule has 0 aliphatic carbocycles. The predicted molar refractivity (Wildman–Crippen MR) is 107 cm³/mol. The van der Waals surface area contributed by atoms with Gasteiger partial charge < -0.3 is 18.9 Å². The largest absolute Gasteiger partial charge is 0.459 e. The van der Waals surface area contributed by atoms with Gasteiger partial charge in [-0.15, -0.1) is 0 Å². The summed E-state index contributed by atoms with van der Waals surface area (Å²) in [4.78, 5) is 12.3. The molecule has 0 bridgehead atoms. The third-order valence-corrected chi connectivity index (χ3v) is 4.74. The Bertz CT molecular complexity index is 980. The van der Waals surface area contributed by atoms with Crippen molar-refractivity contribution in [1.82, 2.24) is 0 Å². The molecular formula is C23H21F5O5. The minimum absolute atomic E-state index is 0.267. The minimum atomic E-state index is -2.87. The van der Waals surface area contributed by atoms with Crippen molar-refractivity contribution in [1.29, 1.82) is 0 Å². The zero-order valence-corrected chi connectivity index (χ0v) is 17.5. The number of hydrogen-bond donors (Lipinski definition) is 0. The number of alkyl halides is 2. The summed E-state index contributed by atoms with van der Waals surface area (Å²) in [6, 6.07) is 4.86. The number of rotatable bonds is 8. The quantitative estimate of drug-likeness (QED) is 0.206. The van der Waals surface area contributed by atoms with Gasteiger partial charge in [0.1, 0.15) is 11.6 Å². The summed E-state index contributed by atoms with van der Waals surface area (Å²) in [5, 5.41) is 0. The molecule has 3 rings (SSSR count). The second-order valence-corrected chi connectivity index (χ2v) is 7.28. The lowest BCUT2D eigenvalue weighted by atomic mass is 10.0. The third kappa shape index (κ3) is 6.52. The molecule has 0 radical (unpaired) electrons. The summed E-state index contributed by atoms with van der Waals surface area (Å²) in [7, 11) is 0. The van der Waals surface area contributed by atoms with E-state index in [4.69, 9.17) is 14.2 Å².